The van der Waals surface area contributed by atoms with Crippen molar-refractivity contribution in [2.45, 2.75) is 78.6 Å². The molecule has 6 heteroatoms. The van der Waals surface area contributed by atoms with Gasteiger partial charge in [0, 0.05) is 56.8 Å². The molecule has 0 N–H and O–H groups in total. The molecule has 0 bridgehead atoms. The Morgan fingerprint density at radius 3 is 1.82 bits per heavy atom. The van der Waals surface area contributed by atoms with Gasteiger partial charge in [0.15, 0.2) is 0 Å². The summed E-state index contributed by atoms with van der Waals surface area (Å²) in [6, 6.07) is 65.3. The maximum Gasteiger partial charge on any atom is 0.137 e. The summed E-state index contributed by atoms with van der Waals surface area (Å²) >= 11 is 0. The van der Waals surface area contributed by atoms with Gasteiger partial charge in [-0.3, -0.25) is 4.57 Å². The van der Waals surface area contributed by atoms with Crippen molar-refractivity contribution in [2.24, 2.45) is 0 Å². The van der Waals surface area contributed by atoms with Crippen LogP contribution in [-0.2, 0) is 16.2 Å². The van der Waals surface area contributed by atoms with Gasteiger partial charge in [0.25, 0.3) is 0 Å². The van der Waals surface area contributed by atoms with Gasteiger partial charge in [0.2, 0.25) is 0 Å². The van der Waals surface area contributed by atoms with Crippen LogP contribution in [0.15, 0.2) is 193 Å². The number of para-hydroxylation sites is 4. The largest absolute Gasteiger partial charge is 0.457 e. The molecule has 11 aromatic rings. The molecule has 6 nitrogen and oxygen atoms in total. The molecule has 0 fully saturated rings. The zero-order valence-corrected chi connectivity index (χ0v) is 42.7. The van der Waals surface area contributed by atoms with E-state index in [1.165, 1.54) is 39.1 Å². The molecule has 356 valence electrons. The molecule has 0 amide bonds. The quantitative estimate of drug-likeness (QED) is 0.159. The predicted molar refractivity (Wildman–Crippen MR) is 301 cm³/mol. The van der Waals surface area contributed by atoms with E-state index in [-0.39, 0.29) is 16.2 Å². The van der Waals surface area contributed by atoms with Crippen LogP contribution >= 0.6 is 0 Å². The SMILES string of the molecule is CC(C)(C)c1cc(N2CN(c3cccc(Oc4ccc5c6ccccc6n(-c6cc(C(C)(C)C)c(-c7cccc(-c8ccc9oc%10ccccc%10c9c8)c7)cn6)c5c4)c3)c3ccccc32)cc(C(C)(C)C)c1. The van der Waals surface area contributed by atoms with Crippen LogP contribution in [0.3, 0.4) is 0 Å². The van der Waals surface area contributed by atoms with Crippen molar-refractivity contribution in [2.75, 3.05) is 16.5 Å². The Labute approximate surface area is 422 Å². The fourth-order valence-electron chi connectivity index (χ4n) is 10.6. The molecular weight excluding hydrogens is 881 g/mol. The number of benzene rings is 8. The van der Waals surface area contributed by atoms with Crippen LogP contribution < -0.4 is 14.5 Å². The van der Waals surface area contributed by atoms with E-state index in [1.807, 2.05) is 18.2 Å². The molecular formula is C66H60N4O2. The zero-order valence-electron chi connectivity index (χ0n) is 42.7. The molecule has 12 rings (SSSR count). The van der Waals surface area contributed by atoms with Gasteiger partial charge >= 0.3 is 0 Å². The Morgan fingerprint density at radius 1 is 0.444 bits per heavy atom. The lowest BCUT2D eigenvalue weighted by molar-refractivity contribution is 0.483. The number of pyridine rings is 1. The van der Waals surface area contributed by atoms with E-state index in [4.69, 9.17) is 14.1 Å². The Morgan fingerprint density at radius 2 is 1.07 bits per heavy atom. The number of aromatic nitrogens is 2. The first-order chi connectivity index (χ1) is 34.5. The van der Waals surface area contributed by atoms with Gasteiger partial charge in [-0.15, -0.1) is 0 Å². The topological polar surface area (TPSA) is 46.7 Å². The van der Waals surface area contributed by atoms with E-state index in [9.17, 15) is 0 Å². The first kappa shape index (κ1) is 45.1. The average molecular weight is 941 g/mol. The van der Waals surface area contributed by atoms with Gasteiger partial charge in [-0.1, -0.05) is 147 Å². The summed E-state index contributed by atoms with van der Waals surface area (Å²) in [6.07, 6.45) is 2.07. The summed E-state index contributed by atoms with van der Waals surface area (Å²) in [5, 5.41) is 4.56. The van der Waals surface area contributed by atoms with E-state index in [2.05, 4.69) is 247 Å². The molecule has 0 radical (unpaired) electrons. The number of nitrogens with zero attached hydrogens (tertiary/aromatic N) is 4. The average Bonchev–Trinajstić information content (AvgIpc) is 4.05. The van der Waals surface area contributed by atoms with Crippen molar-refractivity contribution in [1.82, 2.24) is 9.55 Å². The number of hydrogen-bond donors (Lipinski definition) is 0. The number of anilines is 4. The van der Waals surface area contributed by atoms with E-state index < -0.39 is 0 Å². The van der Waals surface area contributed by atoms with Crippen molar-refractivity contribution < 1.29 is 9.15 Å². The highest BCUT2D eigenvalue weighted by molar-refractivity contribution is 6.10. The lowest BCUT2D eigenvalue weighted by Crippen LogP contribution is -2.25. The molecule has 72 heavy (non-hydrogen) atoms. The Hall–Kier alpha value is -8.09. The maximum absolute atomic E-state index is 6.84. The maximum atomic E-state index is 6.84. The highest BCUT2D eigenvalue weighted by Gasteiger charge is 2.31. The minimum Gasteiger partial charge on any atom is -0.457 e. The van der Waals surface area contributed by atoms with Crippen LogP contribution in [-0.4, -0.2) is 16.2 Å². The highest BCUT2D eigenvalue weighted by atomic mass is 16.5. The molecule has 3 aromatic heterocycles. The summed E-state index contributed by atoms with van der Waals surface area (Å²) in [4.78, 5) is 10.1. The first-order valence-electron chi connectivity index (χ1n) is 25.2. The second kappa shape index (κ2) is 16.8. The van der Waals surface area contributed by atoms with Gasteiger partial charge in [-0.05, 0) is 135 Å². The third-order valence-electron chi connectivity index (χ3n) is 14.5. The summed E-state index contributed by atoms with van der Waals surface area (Å²) in [6.45, 7) is 21.3. The summed E-state index contributed by atoms with van der Waals surface area (Å²) in [7, 11) is 0. The second-order valence-corrected chi connectivity index (χ2v) is 22.6. The van der Waals surface area contributed by atoms with E-state index in [0.29, 0.717) is 6.67 Å². The molecule has 1 aliphatic rings. The minimum absolute atomic E-state index is 0.0114. The Balaban J connectivity index is 0.887. The van der Waals surface area contributed by atoms with Crippen LogP contribution in [0.1, 0.15) is 79.0 Å². The zero-order chi connectivity index (χ0) is 49.7. The second-order valence-electron chi connectivity index (χ2n) is 22.6. The predicted octanol–water partition coefficient (Wildman–Crippen LogP) is 18.3. The number of furan rings is 1. The molecule has 0 aliphatic carbocycles. The van der Waals surface area contributed by atoms with Gasteiger partial charge in [-0.2, -0.15) is 0 Å². The fourth-order valence-corrected chi connectivity index (χ4v) is 10.6. The number of fused-ring (bicyclic) bond motifs is 7. The molecule has 0 unspecified atom stereocenters. The smallest absolute Gasteiger partial charge is 0.137 e. The third kappa shape index (κ3) is 7.96. The van der Waals surface area contributed by atoms with Crippen molar-refractivity contribution in [3.63, 3.8) is 0 Å². The van der Waals surface area contributed by atoms with Crippen LogP contribution in [0.25, 0.3) is 71.8 Å². The number of rotatable bonds is 7. The monoisotopic (exact) mass is 940 g/mol. The lowest BCUT2D eigenvalue weighted by atomic mass is 9.80. The first-order valence-corrected chi connectivity index (χ1v) is 25.2. The summed E-state index contributed by atoms with van der Waals surface area (Å²) in [5.74, 6) is 2.39. The van der Waals surface area contributed by atoms with Crippen LogP contribution in [0.4, 0.5) is 22.7 Å². The van der Waals surface area contributed by atoms with Crippen molar-refractivity contribution in [1.29, 1.82) is 0 Å². The number of ether oxygens (including phenoxy) is 1. The van der Waals surface area contributed by atoms with Crippen LogP contribution in [0.2, 0.25) is 0 Å². The van der Waals surface area contributed by atoms with Gasteiger partial charge in [-0.25, -0.2) is 4.98 Å². The van der Waals surface area contributed by atoms with Crippen LogP contribution in [0.5, 0.6) is 11.5 Å². The van der Waals surface area contributed by atoms with Crippen LogP contribution in [0, 0.1) is 0 Å². The molecule has 4 heterocycles. The molecule has 0 spiro atoms. The molecule has 8 aromatic carbocycles. The van der Waals surface area contributed by atoms with E-state index in [1.54, 1.807) is 0 Å². The van der Waals surface area contributed by atoms with E-state index in [0.717, 1.165) is 83.6 Å². The Kier molecular flexibility index (Phi) is 10.5. The van der Waals surface area contributed by atoms with Crippen molar-refractivity contribution >= 4 is 66.5 Å². The molecule has 1 aliphatic heterocycles. The summed E-state index contributed by atoms with van der Waals surface area (Å²) < 4.78 is 15.3. The van der Waals surface area contributed by atoms with E-state index >= 15 is 0 Å². The van der Waals surface area contributed by atoms with Crippen molar-refractivity contribution in [3.8, 4) is 39.6 Å². The number of hydrogen-bond acceptors (Lipinski definition) is 5. The molecule has 0 saturated carbocycles. The highest BCUT2D eigenvalue weighted by Crippen LogP contribution is 2.47. The van der Waals surface area contributed by atoms with Crippen molar-refractivity contribution in [3.05, 3.63) is 205 Å². The normalized spacial score (nSPS) is 13.2. The van der Waals surface area contributed by atoms with Gasteiger partial charge in [0.05, 0.1) is 22.4 Å². The lowest BCUT2D eigenvalue weighted by Gasteiger charge is -2.29. The summed E-state index contributed by atoms with van der Waals surface area (Å²) in [5.41, 5.74) is 16.8. The molecule has 0 atom stereocenters. The fraction of sp³-hybridized carbons (Fsp3) is 0.197. The minimum atomic E-state index is -0.186. The van der Waals surface area contributed by atoms with Gasteiger partial charge < -0.3 is 19.0 Å². The Bertz CT molecular complexity index is 3880. The van der Waals surface area contributed by atoms with Gasteiger partial charge in [0.1, 0.15) is 35.2 Å². The third-order valence-corrected chi connectivity index (χ3v) is 14.5. The standard InChI is InChI=1S/C66H60N4O2/c1-64(2,3)45-34-46(65(4,5)6)36-48(35-45)69-41-68(58-25-13-14-26-59(58)69)47-20-17-21-49(37-47)71-50-29-30-52-51-22-10-12-24-57(51)70(60(52)38-50)63-39-56(66(7,8)9)55(40-67-63)44-19-16-18-42(32-44)43-28-31-62-54(33-43)53-23-11-15-27-61(53)72-62/h10-40H,41H2,1-9H3. The molecule has 0 saturated heterocycles.